The van der Waals surface area contributed by atoms with Gasteiger partial charge in [0.2, 0.25) is 0 Å². The lowest BCUT2D eigenvalue weighted by atomic mass is 9.72. The zero-order chi connectivity index (χ0) is 17.6. The standard InChI is InChI=1S/C23H27NO/c1-15-4-8-17(9-5-15)20-14-19-12-13-21(24(19)3)22(20)23(25)18-10-6-16(2)7-11-18/h4-11,19-22H,12-14H2,1-3H3/t19-,20+,21+,22+/m0/s1. The van der Waals surface area contributed by atoms with Crippen molar-refractivity contribution in [3.63, 3.8) is 0 Å². The van der Waals surface area contributed by atoms with Crippen molar-refractivity contribution in [2.24, 2.45) is 5.92 Å². The summed E-state index contributed by atoms with van der Waals surface area (Å²) >= 11 is 0. The summed E-state index contributed by atoms with van der Waals surface area (Å²) in [5, 5.41) is 0. The predicted molar refractivity (Wildman–Crippen MR) is 102 cm³/mol. The fraction of sp³-hybridized carbons (Fsp3) is 0.435. The minimum absolute atomic E-state index is 0.0640. The summed E-state index contributed by atoms with van der Waals surface area (Å²) < 4.78 is 0. The number of hydrogen-bond acceptors (Lipinski definition) is 2. The number of hydrogen-bond donors (Lipinski definition) is 0. The van der Waals surface area contributed by atoms with Gasteiger partial charge in [-0.15, -0.1) is 0 Å². The molecule has 0 amide bonds. The third-order valence-corrected chi connectivity index (χ3v) is 6.41. The molecule has 2 aromatic rings. The van der Waals surface area contributed by atoms with Gasteiger partial charge in [0.15, 0.2) is 5.78 Å². The fourth-order valence-corrected chi connectivity index (χ4v) is 4.89. The van der Waals surface area contributed by atoms with Gasteiger partial charge in [0, 0.05) is 23.6 Å². The summed E-state index contributed by atoms with van der Waals surface area (Å²) in [6, 6.07) is 18.0. The highest BCUT2D eigenvalue weighted by Crippen LogP contribution is 2.47. The van der Waals surface area contributed by atoms with Gasteiger partial charge in [-0.25, -0.2) is 0 Å². The number of ketones is 1. The van der Waals surface area contributed by atoms with E-state index in [2.05, 4.69) is 62.2 Å². The van der Waals surface area contributed by atoms with E-state index in [1.807, 2.05) is 12.1 Å². The van der Waals surface area contributed by atoms with Gasteiger partial charge < -0.3 is 0 Å². The molecule has 130 valence electrons. The summed E-state index contributed by atoms with van der Waals surface area (Å²) in [5.74, 6) is 0.722. The number of rotatable bonds is 3. The molecule has 2 fully saturated rings. The second-order valence-corrected chi connectivity index (χ2v) is 7.97. The predicted octanol–water partition coefficient (Wildman–Crippen LogP) is 4.75. The lowest BCUT2D eigenvalue weighted by Gasteiger charge is -2.42. The third-order valence-electron chi connectivity index (χ3n) is 6.41. The molecule has 2 saturated heterocycles. The van der Waals surface area contributed by atoms with Gasteiger partial charge in [-0.2, -0.15) is 0 Å². The van der Waals surface area contributed by atoms with Crippen LogP contribution in [0, 0.1) is 19.8 Å². The Balaban J connectivity index is 1.72. The van der Waals surface area contributed by atoms with Gasteiger partial charge in [-0.1, -0.05) is 59.7 Å². The van der Waals surface area contributed by atoms with Gasteiger partial charge in [-0.3, -0.25) is 9.69 Å². The largest absolute Gasteiger partial charge is 0.300 e. The van der Waals surface area contributed by atoms with Crippen molar-refractivity contribution in [1.82, 2.24) is 4.90 Å². The Morgan fingerprint density at radius 1 is 0.920 bits per heavy atom. The van der Waals surface area contributed by atoms with E-state index in [9.17, 15) is 4.79 Å². The third kappa shape index (κ3) is 2.93. The van der Waals surface area contributed by atoms with Crippen LogP contribution in [0.25, 0.3) is 0 Å². The Morgan fingerprint density at radius 3 is 2.16 bits per heavy atom. The van der Waals surface area contributed by atoms with Gasteiger partial charge in [0.1, 0.15) is 0 Å². The van der Waals surface area contributed by atoms with Crippen molar-refractivity contribution in [2.75, 3.05) is 7.05 Å². The Hall–Kier alpha value is -1.93. The summed E-state index contributed by atoms with van der Waals surface area (Å²) in [4.78, 5) is 15.9. The van der Waals surface area contributed by atoms with Crippen molar-refractivity contribution in [1.29, 1.82) is 0 Å². The Labute approximate surface area is 150 Å². The van der Waals surface area contributed by atoms with Crippen LogP contribution in [0.2, 0.25) is 0 Å². The number of carbonyl (C=O) groups is 1. The van der Waals surface area contributed by atoms with Crippen molar-refractivity contribution >= 4 is 5.78 Å². The lowest BCUT2D eigenvalue weighted by Crippen LogP contribution is -2.48. The van der Waals surface area contributed by atoms with E-state index in [-0.39, 0.29) is 5.92 Å². The first-order chi connectivity index (χ1) is 12.0. The molecule has 2 aromatic carbocycles. The van der Waals surface area contributed by atoms with Gasteiger partial charge in [0.05, 0.1) is 0 Å². The topological polar surface area (TPSA) is 20.3 Å². The number of nitrogens with zero attached hydrogens (tertiary/aromatic N) is 1. The molecule has 0 aliphatic carbocycles. The highest BCUT2D eigenvalue weighted by molar-refractivity contribution is 5.99. The van der Waals surface area contributed by atoms with Crippen LogP contribution < -0.4 is 0 Å². The first kappa shape index (κ1) is 16.5. The molecule has 0 unspecified atom stereocenters. The first-order valence-corrected chi connectivity index (χ1v) is 9.44. The van der Waals surface area contributed by atoms with Crippen LogP contribution in [-0.4, -0.2) is 29.8 Å². The molecule has 2 bridgehead atoms. The van der Waals surface area contributed by atoms with Crippen LogP contribution in [0.1, 0.15) is 52.2 Å². The monoisotopic (exact) mass is 333 g/mol. The van der Waals surface area contributed by atoms with Crippen LogP contribution in [0.15, 0.2) is 48.5 Å². The quantitative estimate of drug-likeness (QED) is 0.755. The average Bonchev–Trinajstić information content (AvgIpc) is 2.85. The Morgan fingerprint density at radius 2 is 1.52 bits per heavy atom. The van der Waals surface area contributed by atoms with Crippen molar-refractivity contribution in [2.45, 2.75) is 51.1 Å². The van der Waals surface area contributed by atoms with Crippen molar-refractivity contribution in [3.05, 3.63) is 70.8 Å². The Bertz CT molecular complexity index is 762. The summed E-state index contributed by atoms with van der Waals surface area (Å²) in [5.41, 5.74) is 4.68. The average molecular weight is 333 g/mol. The number of benzene rings is 2. The summed E-state index contributed by atoms with van der Waals surface area (Å²) in [7, 11) is 2.21. The molecule has 0 spiro atoms. The minimum Gasteiger partial charge on any atom is -0.300 e. The van der Waals surface area contributed by atoms with Crippen LogP contribution in [-0.2, 0) is 0 Å². The number of fused-ring (bicyclic) bond motifs is 2. The van der Waals surface area contributed by atoms with Crippen LogP contribution in [0.5, 0.6) is 0 Å². The molecule has 25 heavy (non-hydrogen) atoms. The highest BCUT2D eigenvalue weighted by atomic mass is 16.1. The van der Waals surface area contributed by atoms with Crippen LogP contribution >= 0.6 is 0 Å². The molecule has 2 heteroatoms. The zero-order valence-electron chi connectivity index (χ0n) is 15.4. The van der Waals surface area contributed by atoms with Crippen molar-refractivity contribution in [3.8, 4) is 0 Å². The summed E-state index contributed by atoms with van der Waals surface area (Å²) in [6.07, 6.45) is 3.46. The molecule has 2 aliphatic heterocycles. The van der Waals surface area contributed by atoms with E-state index in [1.165, 1.54) is 23.1 Å². The van der Waals surface area contributed by atoms with Crippen molar-refractivity contribution < 1.29 is 4.79 Å². The molecule has 0 saturated carbocycles. The maximum Gasteiger partial charge on any atom is 0.168 e. The van der Waals surface area contributed by atoms with E-state index >= 15 is 0 Å². The molecule has 4 atom stereocenters. The Kier molecular flexibility index (Phi) is 4.24. The second-order valence-electron chi connectivity index (χ2n) is 7.97. The fourth-order valence-electron chi connectivity index (χ4n) is 4.89. The second kappa shape index (κ2) is 6.42. The summed E-state index contributed by atoms with van der Waals surface area (Å²) in [6.45, 7) is 4.19. The molecular formula is C23H27NO. The van der Waals surface area contributed by atoms with E-state index < -0.39 is 0 Å². The normalized spacial score (nSPS) is 28.9. The molecule has 0 radical (unpaired) electrons. The molecular weight excluding hydrogens is 306 g/mol. The van der Waals surface area contributed by atoms with E-state index in [1.54, 1.807) is 0 Å². The van der Waals surface area contributed by atoms with Crippen LogP contribution in [0.3, 0.4) is 0 Å². The van der Waals surface area contributed by atoms with E-state index in [0.29, 0.717) is 23.8 Å². The number of piperidine rings is 1. The molecule has 2 aliphatic rings. The first-order valence-electron chi connectivity index (χ1n) is 9.44. The van der Waals surface area contributed by atoms with E-state index in [4.69, 9.17) is 0 Å². The molecule has 2 nitrogen and oxygen atoms in total. The maximum atomic E-state index is 13.5. The molecule has 4 rings (SSSR count). The van der Waals surface area contributed by atoms with Gasteiger partial charge in [0.25, 0.3) is 0 Å². The number of carbonyl (C=O) groups excluding carboxylic acids is 1. The molecule has 0 aromatic heterocycles. The SMILES string of the molecule is Cc1ccc(C(=O)[C@@H]2[C@@H](c3ccc(C)cc3)C[C@@H]3CC[C@H]2N3C)cc1. The van der Waals surface area contributed by atoms with Crippen LogP contribution in [0.4, 0.5) is 0 Å². The lowest BCUT2D eigenvalue weighted by molar-refractivity contribution is 0.0643. The smallest absolute Gasteiger partial charge is 0.168 e. The molecule has 0 N–H and O–H groups in total. The van der Waals surface area contributed by atoms with Gasteiger partial charge >= 0.3 is 0 Å². The van der Waals surface area contributed by atoms with E-state index in [0.717, 1.165) is 18.4 Å². The molecule has 2 heterocycles. The minimum atomic E-state index is 0.0640. The number of aryl methyl sites for hydroxylation is 2. The van der Waals surface area contributed by atoms with Gasteiger partial charge in [-0.05, 0) is 51.6 Å². The number of Topliss-reactive ketones (excluding diaryl/α,β-unsaturated/α-hetero) is 1. The zero-order valence-corrected chi connectivity index (χ0v) is 15.4. The highest BCUT2D eigenvalue weighted by Gasteiger charge is 2.48. The maximum absolute atomic E-state index is 13.5.